The third-order valence-electron chi connectivity index (χ3n) is 3.29. The Labute approximate surface area is 88.2 Å². The van der Waals surface area contributed by atoms with Gasteiger partial charge in [-0.1, -0.05) is 25.0 Å². The highest BCUT2D eigenvalue weighted by Crippen LogP contribution is 2.16. The number of hydrogen-bond acceptors (Lipinski definition) is 2. The fourth-order valence-corrected chi connectivity index (χ4v) is 1.97. The van der Waals surface area contributed by atoms with Crippen molar-refractivity contribution in [2.75, 3.05) is 13.6 Å². The second kappa shape index (κ2) is 6.20. The molecule has 2 unspecified atom stereocenters. The lowest BCUT2D eigenvalue weighted by molar-refractivity contribution is 0.206. The maximum atomic E-state index is 5.68. The zero-order valence-electron chi connectivity index (χ0n) is 9.58. The summed E-state index contributed by atoms with van der Waals surface area (Å²) < 4.78 is 0. The molecule has 0 saturated carbocycles. The molecule has 2 atom stereocenters. The molecule has 0 amide bonds. The van der Waals surface area contributed by atoms with E-state index in [2.05, 4.69) is 31.0 Å². The van der Waals surface area contributed by atoms with E-state index in [1.807, 2.05) is 0 Å². The van der Waals surface area contributed by atoms with E-state index in [-0.39, 0.29) is 0 Å². The molecule has 2 nitrogen and oxygen atoms in total. The van der Waals surface area contributed by atoms with E-state index in [0.29, 0.717) is 12.1 Å². The zero-order chi connectivity index (χ0) is 10.4. The second-order valence-electron chi connectivity index (χ2n) is 4.38. The molecule has 0 heterocycles. The summed E-state index contributed by atoms with van der Waals surface area (Å²) in [7, 11) is 2.19. The van der Waals surface area contributed by atoms with Gasteiger partial charge in [-0.2, -0.15) is 0 Å². The normalized spacial score (nSPS) is 28.1. The van der Waals surface area contributed by atoms with Crippen LogP contribution in [0.2, 0.25) is 0 Å². The molecule has 0 saturated heterocycles. The monoisotopic (exact) mass is 196 g/mol. The molecular weight excluding hydrogens is 172 g/mol. The molecule has 82 valence electrons. The van der Waals surface area contributed by atoms with Gasteiger partial charge in [-0.3, -0.25) is 4.90 Å². The van der Waals surface area contributed by atoms with Crippen molar-refractivity contribution < 1.29 is 0 Å². The fraction of sp³-hybridized carbons (Fsp3) is 0.833. The van der Waals surface area contributed by atoms with Gasteiger partial charge in [0.2, 0.25) is 0 Å². The summed E-state index contributed by atoms with van der Waals surface area (Å²) in [5.74, 6) is 0. The van der Waals surface area contributed by atoms with Crippen LogP contribution in [0.5, 0.6) is 0 Å². The zero-order valence-corrected chi connectivity index (χ0v) is 9.58. The van der Waals surface area contributed by atoms with Crippen molar-refractivity contribution >= 4 is 0 Å². The molecule has 1 aliphatic rings. The van der Waals surface area contributed by atoms with Crippen LogP contribution in [0, 0.1) is 0 Å². The minimum Gasteiger partial charge on any atom is -0.329 e. The highest BCUT2D eigenvalue weighted by atomic mass is 15.2. The molecular formula is C12H24N2. The average Bonchev–Trinajstić information content (AvgIpc) is 2.15. The molecule has 1 rings (SSSR count). The van der Waals surface area contributed by atoms with Crippen molar-refractivity contribution in [3.05, 3.63) is 12.2 Å². The Morgan fingerprint density at radius 2 is 2.21 bits per heavy atom. The van der Waals surface area contributed by atoms with Crippen LogP contribution in [0.3, 0.4) is 0 Å². The lowest BCUT2D eigenvalue weighted by atomic mass is 10.0. The number of nitrogens with zero attached hydrogens (tertiary/aromatic N) is 1. The predicted molar refractivity (Wildman–Crippen MR) is 62.3 cm³/mol. The summed E-state index contributed by atoms with van der Waals surface area (Å²) >= 11 is 0. The lowest BCUT2D eigenvalue weighted by Gasteiger charge is -2.31. The number of allylic oxidation sites excluding steroid dienone is 1. The Morgan fingerprint density at radius 1 is 1.43 bits per heavy atom. The van der Waals surface area contributed by atoms with E-state index in [9.17, 15) is 0 Å². The van der Waals surface area contributed by atoms with Gasteiger partial charge in [-0.05, 0) is 33.2 Å². The van der Waals surface area contributed by atoms with Gasteiger partial charge in [0, 0.05) is 18.6 Å². The largest absolute Gasteiger partial charge is 0.329 e. The van der Waals surface area contributed by atoms with Crippen LogP contribution in [-0.4, -0.2) is 30.6 Å². The average molecular weight is 196 g/mol. The molecule has 0 bridgehead atoms. The van der Waals surface area contributed by atoms with Crippen LogP contribution < -0.4 is 5.73 Å². The number of rotatable bonds is 3. The van der Waals surface area contributed by atoms with Crippen molar-refractivity contribution in [2.24, 2.45) is 5.73 Å². The molecule has 0 fully saturated rings. The van der Waals surface area contributed by atoms with Crippen molar-refractivity contribution in [1.29, 1.82) is 0 Å². The van der Waals surface area contributed by atoms with Gasteiger partial charge in [0.1, 0.15) is 0 Å². The molecule has 1 aliphatic carbocycles. The summed E-state index contributed by atoms with van der Waals surface area (Å²) in [6, 6.07) is 1.10. The summed E-state index contributed by atoms with van der Waals surface area (Å²) in [6.45, 7) is 2.95. The highest BCUT2D eigenvalue weighted by molar-refractivity contribution is 4.96. The first-order valence-corrected chi connectivity index (χ1v) is 5.84. The molecule has 0 aromatic heterocycles. The summed E-state index contributed by atoms with van der Waals surface area (Å²) in [6.07, 6.45) is 11.3. The Hall–Kier alpha value is -0.340. The van der Waals surface area contributed by atoms with Gasteiger partial charge >= 0.3 is 0 Å². The van der Waals surface area contributed by atoms with E-state index in [1.54, 1.807) is 0 Å². The van der Waals surface area contributed by atoms with Crippen molar-refractivity contribution in [3.63, 3.8) is 0 Å². The van der Waals surface area contributed by atoms with Crippen LogP contribution in [0.4, 0.5) is 0 Å². The minimum atomic E-state index is 0.490. The first kappa shape index (κ1) is 11.7. The third-order valence-corrected chi connectivity index (χ3v) is 3.29. The summed E-state index contributed by atoms with van der Waals surface area (Å²) in [5.41, 5.74) is 5.68. The minimum absolute atomic E-state index is 0.490. The van der Waals surface area contributed by atoms with E-state index in [1.165, 1.54) is 32.1 Å². The van der Waals surface area contributed by atoms with Gasteiger partial charge in [0.05, 0.1) is 0 Å². The third kappa shape index (κ3) is 3.43. The van der Waals surface area contributed by atoms with Gasteiger partial charge in [0.15, 0.2) is 0 Å². The van der Waals surface area contributed by atoms with Gasteiger partial charge < -0.3 is 5.73 Å². The lowest BCUT2D eigenvalue weighted by Crippen LogP contribution is -2.41. The van der Waals surface area contributed by atoms with E-state index >= 15 is 0 Å². The van der Waals surface area contributed by atoms with Crippen LogP contribution in [0.15, 0.2) is 12.2 Å². The summed E-state index contributed by atoms with van der Waals surface area (Å²) in [4.78, 5) is 2.40. The van der Waals surface area contributed by atoms with Gasteiger partial charge in [0.25, 0.3) is 0 Å². The Kier molecular flexibility index (Phi) is 5.20. The molecule has 0 aromatic carbocycles. The van der Waals surface area contributed by atoms with E-state index < -0.39 is 0 Å². The van der Waals surface area contributed by atoms with Crippen LogP contribution in [-0.2, 0) is 0 Å². The molecule has 0 aromatic rings. The molecule has 0 aliphatic heterocycles. The predicted octanol–water partition coefficient (Wildman–Crippen LogP) is 2.15. The SMILES string of the molecule is CC(CN)N(C)C1/C=C\CCCCC1. The van der Waals surface area contributed by atoms with Crippen LogP contribution in [0.1, 0.15) is 39.0 Å². The first-order chi connectivity index (χ1) is 6.75. The van der Waals surface area contributed by atoms with Crippen LogP contribution in [0.25, 0.3) is 0 Å². The van der Waals surface area contributed by atoms with Crippen molar-refractivity contribution in [1.82, 2.24) is 4.90 Å². The summed E-state index contributed by atoms with van der Waals surface area (Å²) in [5, 5.41) is 0. The quantitative estimate of drug-likeness (QED) is 0.701. The van der Waals surface area contributed by atoms with Gasteiger partial charge in [-0.15, -0.1) is 0 Å². The Bertz CT molecular complexity index is 177. The van der Waals surface area contributed by atoms with E-state index in [0.717, 1.165) is 6.54 Å². The smallest absolute Gasteiger partial charge is 0.0278 e. The standard InChI is InChI=1S/C12H24N2/c1-11(10-13)14(2)12-8-6-4-3-5-7-9-12/h6,8,11-12H,3-5,7,9-10,13H2,1-2H3/b8-6-. The highest BCUT2D eigenvalue weighted by Gasteiger charge is 2.16. The first-order valence-electron chi connectivity index (χ1n) is 5.84. The maximum Gasteiger partial charge on any atom is 0.0278 e. The topological polar surface area (TPSA) is 29.3 Å². The number of likely N-dealkylation sites (N-methyl/N-ethyl adjacent to an activating group) is 1. The van der Waals surface area contributed by atoms with Gasteiger partial charge in [-0.25, -0.2) is 0 Å². The maximum absolute atomic E-state index is 5.68. The molecule has 14 heavy (non-hydrogen) atoms. The molecule has 2 N–H and O–H groups in total. The van der Waals surface area contributed by atoms with Crippen LogP contribution >= 0.6 is 0 Å². The second-order valence-corrected chi connectivity index (χ2v) is 4.38. The molecule has 0 radical (unpaired) electrons. The Balaban J connectivity index is 2.50. The molecule has 0 spiro atoms. The number of nitrogens with two attached hydrogens (primary N) is 1. The molecule has 2 heteroatoms. The fourth-order valence-electron chi connectivity index (χ4n) is 1.97. The van der Waals surface area contributed by atoms with E-state index in [4.69, 9.17) is 5.73 Å². The Morgan fingerprint density at radius 3 is 2.93 bits per heavy atom. The van der Waals surface area contributed by atoms with Crippen molar-refractivity contribution in [3.8, 4) is 0 Å². The van der Waals surface area contributed by atoms with Crippen molar-refractivity contribution in [2.45, 2.75) is 51.1 Å². The number of hydrogen-bond donors (Lipinski definition) is 1.